The molecular formula is C16H17N2OS2. The molecule has 1 atom stereocenters. The Hall–Kier alpha value is -1.33. The van der Waals surface area contributed by atoms with Gasteiger partial charge in [-0.15, -0.1) is 23.1 Å². The zero-order chi connectivity index (χ0) is 15.0. The Morgan fingerprint density at radius 1 is 1.43 bits per heavy atom. The smallest absolute Gasteiger partial charge is 0.274 e. The molecule has 1 aliphatic heterocycles. The van der Waals surface area contributed by atoms with E-state index in [4.69, 9.17) is 0 Å². The minimum absolute atomic E-state index is 0.000793. The highest BCUT2D eigenvalue weighted by atomic mass is 32.2. The molecule has 1 aromatic carbocycles. The molecular weight excluding hydrogens is 300 g/mol. The molecule has 109 valence electrons. The number of carbonyl (C=O) groups is 1. The molecule has 0 spiro atoms. The van der Waals surface area contributed by atoms with Crippen LogP contribution in [0.4, 0.5) is 0 Å². The zero-order valence-corrected chi connectivity index (χ0v) is 13.8. The molecule has 1 radical (unpaired) electrons. The summed E-state index contributed by atoms with van der Waals surface area (Å²) in [7, 11) is 0. The Balaban J connectivity index is 2.02. The average Bonchev–Trinajstić information content (AvgIpc) is 3.04. The van der Waals surface area contributed by atoms with E-state index >= 15 is 0 Å². The van der Waals surface area contributed by atoms with Gasteiger partial charge in [0.05, 0.1) is 15.3 Å². The molecule has 0 aliphatic carbocycles. The number of hydrogen-bond acceptors (Lipinski definition) is 4. The van der Waals surface area contributed by atoms with Crippen molar-refractivity contribution in [3.8, 4) is 10.4 Å². The number of thioether (sulfide) groups is 1. The number of aromatic nitrogens is 1. The van der Waals surface area contributed by atoms with Gasteiger partial charge >= 0.3 is 0 Å². The molecule has 3 rings (SSSR count). The van der Waals surface area contributed by atoms with E-state index in [1.807, 2.05) is 24.0 Å². The number of rotatable bonds is 2. The fourth-order valence-corrected chi connectivity index (χ4v) is 4.31. The molecule has 5 heteroatoms. The lowest BCUT2D eigenvalue weighted by Crippen LogP contribution is -2.33. The lowest BCUT2D eigenvalue weighted by atomic mass is 10.1. The third-order valence-corrected chi connectivity index (χ3v) is 5.55. The van der Waals surface area contributed by atoms with Crippen molar-refractivity contribution in [2.75, 3.05) is 12.3 Å². The maximum Gasteiger partial charge on any atom is 0.274 e. The second-order valence-corrected chi connectivity index (χ2v) is 7.59. The summed E-state index contributed by atoms with van der Waals surface area (Å²) >= 11 is 3.29. The van der Waals surface area contributed by atoms with E-state index in [1.54, 1.807) is 23.1 Å². The van der Waals surface area contributed by atoms with Crippen LogP contribution >= 0.6 is 23.1 Å². The van der Waals surface area contributed by atoms with E-state index in [-0.39, 0.29) is 11.3 Å². The largest absolute Gasteiger partial charge is 0.324 e. The van der Waals surface area contributed by atoms with Gasteiger partial charge in [-0.05, 0) is 26.3 Å². The standard InChI is InChI=1S/C16H17N2OS2/c1-10-5-4-6-13(9-10)15-14(17-11(2)21-15)16(19)18-7-8-20-12(18)3/h4-6,9,12H,3,7-8H2,1-2H3. The summed E-state index contributed by atoms with van der Waals surface area (Å²) in [6, 6.07) is 8.22. The molecule has 1 aliphatic rings. The summed E-state index contributed by atoms with van der Waals surface area (Å²) in [5.41, 5.74) is 2.82. The normalized spacial score (nSPS) is 18.2. The average molecular weight is 317 g/mol. The summed E-state index contributed by atoms with van der Waals surface area (Å²) < 4.78 is 0. The first kappa shape index (κ1) is 14.6. The number of benzene rings is 1. The predicted octanol–water partition coefficient (Wildman–Crippen LogP) is 3.78. The van der Waals surface area contributed by atoms with Gasteiger partial charge in [0, 0.05) is 12.3 Å². The van der Waals surface area contributed by atoms with Crippen molar-refractivity contribution < 1.29 is 4.79 Å². The highest BCUT2D eigenvalue weighted by Gasteiger charge is 2.30. The Morgan fingerprint density at radius 2 is 2.24 bits per heavy atom. The SMILES string of the molecule is [CH2]C1SCCN1C(=O)c1nc(C)sc1-c1cccc(C)c1. The van der Waals surface area contributed by atoms with Crippen LogP contribution in [0, 0.1) is 20.8 Å². The second-order valence-electron chi connectivity index (χ2n) is 5.10. The van der Waals surface area contributed by atoms with E-state index in [1.165, 1.54) is 5.56 Å². The predicted molar refractivity (Wildman–Crippen MR) is 89.7 cm³/mol. The fraction of sp³-hybridized carbons (Fsp3) is 0.312. The van der Waals surface area contributed by atoms with E-state index in [0.29, 0.717) is 5.69 Å². The van der Waals surface area contributed by atoms with Crippen LogP contribution in [0.2, 0.25) is 0 Å². The molecule has 1 unspecified atom stereocenters. The van der Waals surface area contributed by atoms with Crippen molar-refractivity contribution in [1.82, 2.24) is 9.88 Å². The quantitative estimate of drug-likeness (QED) is 0.845. The van der Waals surface area contributed by atoms with Gasteiger partial charge in [0.25, 0.3) is 5.91 Å². The molecule has 2 aromatic rings. The summed E-state index contributed by atoms with van der Waals surface area (Å²) in [6.07, 6.45) is 0. The van der Waals surface area contributed by atoms with Crippen LogP contribution < -0.4 is 0 Å². The third-order valence-electron chi connectivity index (χ3n) is 3.47. The molecule has 2 heterocycles. The van der Waals surface area contributed by atoms with Gasteiger partial charge in [-0.1, -0.05) is 29.8 Å². The van der Waals surface area contributed by atoms with Gasteiger partial charge < -0.3 is 4.90 Å². The van der Waals surface area contributed by atoms with E-state index in [9.17, 15) is 4.79 Å². The fourth-order valence-electron chi connectivity index (χ4n) is 2.44. The monoisotopic (exact) mass is 317 g/mol. The lowest BCUT2D eigenvalue weighted by molar-refractivity contribution is 0.0773. The maximum absolute atomic E-state index is 12.8. The lowest BCUT2D eigenvalue weighted by Gasteiger charge is -2.19. The highest BCUT2D eigenvalue weighted by molar-refractivity contribution is 8.00. The number of hydrogen-bond donors (Lipinski definition) is 0. The molecule has 1 saturated heterocycles. The van der Waals surface area contributed by atoms with Crippen LogP contribution in [0.1, 0.15) is 21.1 Å². The van der Waals surface area contributed by atoms with Crippen LogP contribution in [0.25, 0.3) is 10.4 Å². The summed E-state index contributed by atoms with van der Waals surface area (Å²) in [6.45, 7) is 8.79. The van der Waals surface area contributed by atoms with Crippen molar-refractivity contribution in [2.24, 2.45) is 0 Å². The zero-order valence-electron chi connectivity index (χ0n) is 12.1. The van der Waals surface area contributed by atoms with E-state index in [0.717, 1.165) is 27.7 Å². The molecule has 1 aromatic heterocycles. The van der Waals surface area contributed by atoms with Crippen LogP contribution in [0.3, 0.4) is 0 Å². The topological polar surface area (TPSA) is 33.2 Å². The van der Waals surface area contributed by atoms with Gasteiger partial charge in [0.2, 0.25) is 0 Å². The minimum atomic E-state index is -0.00938. The number of nitrogens with zero attached hydrogens (tertiary/aromatic N) is 2. The van der Waals surface area contributed by atoms with Crippen molar-refractivity contribution in [3.63, 3.8) is 0 Å². The summed E-state index contributed by atoms with van der Waals surface area (Å²) in [5.74, 6) is 0.948. The minimum Gasteiger partial charge on any atom is -0.324 e. The van der Waals surface area contributed by atoms with Crippen molar-refractivity contribution in [2.45, 2.75) is 19.2 Å². The van der Waals surface area contributed by atoms with E-state index < -0.39 is 0 Å². The van der Waals surface area contributed by atoms with Gasteiger partial charge in [-0.3, -0.25) is 4.79 Å². The first-order valence-corrected chi connectivity index (χ1v) is 8.73. The Labute approximate surface area is 133 Å². The number of carbonyl (C=O) groups excluding carboxylic acids is 1. The van der Waals surface area contributed by atoms with Crippen LogP contribution in [-0.2, 0) is 0 Å². The molecule has 3 nitrogen and oxygen atoms in total. The van der Waals surface area contributed by atoms with E-state index in [2.05, 4.69) is 31.0 Å². The molecule has 0 saturated carbocycles. The molecule has 21 heavy (non-hydrogen) atoms. The Morgan fingerprint density at radius 3 is 2.90 bits per heavy atom. The number of amides is 1. The highest BCUT2D eigenvalue weighted by Crippen LogP contribution is 2.33. The maximum atomic E-state index is 12.8. The van der Waals surface area contributed by atoms with Gasteiger partial charge in [-0.2, -0.15) is 0 Å². The second kappa shape index (κ2) is 5.81. The number of aryl methyl sites for hydroxylation is 2. The molecule has 1 fully saturated rings. The first-order chi connectivity index (χ1) is 10.1. The van der Waals surface area contributed by atoms with Crippen LogP contribution in [0.5, 0.6) is 0 Å². The summed E-state index contributed by atoms with van der Waals surface area (Å²) in [5, 5.41) is 0.909. The third kappa shape index (κ3) is 2.85. The first-order valence-electron chi connectivity index (χ1n) is 6.86. The van der Waals surface area contributed by atoms with Crippen LogP contribution in [-0.4, -0.2) is 33.5 Å². The molecule has 0 bridgehead atoms. The van der Waals surface area contributed by atoms with Crippen molar-refractivity contribution in [3.05, 3.63) is 47.5 Å². The molecule has 1 amide bonds. The summed E-state index contributed by atoms with van der Waals surface area (Å²) in [4.78, 5) is 20.0. The Kier molecular flexibility index (Phi) is 4.04. The van der Waals surface area contributed by atoms with Gasteiger partial charge in [0.1, 0.15) is 5.69 Å². The number of thiazole rings is 1. The van der Waals surface area contributed by atoms with Gasteiger partial charge in [-0.25, -0.2) is 4.98 Å². The van der Waals surface area contributed by atoms with Crippen molar-refractivity contribution in [1.29, 1.82) is 0 Å². The van der Waals surface area contributed by atoms with Crippen molar-refractivity contribution >= 4 is 29.0 Å². The van der Waals surface area contributed by atoms with Crippen LogP contribution in [0.15, 0.2) is 24.3 Å². The Bertz CT molecular complexity index is 681. The van der Waals surface area contributed by atoms with Gasteiger partial charge in [0.15, 0.2) is 0 Å². The molecule has 0 N–H and O–H groups in total.